The molecule has 0 spiro atoms. The minimum absolute atomic E-state index is 0.0311. The van der Waals surface area contributed by atoms with Crippen molar-refractivity contribution < 1.29 is 19.1 Å². The summed E-state index contributed by atoms with van der Waals surface area (Å²) < 4.78 is 5.34. The molecular formula is C31H32Cl2N4O4S. The van der Waals surface area contributed by atoms with Gasteiger partial charge in [0, 0.05) is 51.7 Å². The number of hydrogen-bond donors (Lipinski definition) is 2. The molecule has 1 atom stereocenters. The number of nitrogens with one attached hydrogen (secondary N) is 2. The second kappa shape index (κ2) is 13.6. The molecule has 0 aliphatic carbocycles. The molecule has 8 nitrogen and oxygen atoms in total. The first-order chi connectivity index (χ1) is 20.3. The fourth-order valence-electron chi connectivity index (χ4n) is 5.26. The summed E-state index contributed by atoms with van der Waals surface area (Å²) in [6.45, 7) is 1.05. The largest absolute Gasteiger partial charge is 0.497 e. The van der Waals surface area contributed by atoms with Crippen molar-refractivity contribution in [1.82, 2.24) is 20.1 Å². The van der Waals surface area contributed by atoms with Crippen molar-refractivity contribution in [2.45, 2.75) is 31.7 Å². The number of benzene rings is 2. The Morgan fingerprint density at radius 2 is 1.93 bits per heavy atom. The van der Waals surface area contributed by atoms with Crippen molar-refractivity contribution in [3.8, 4) is 5.75 Å². The van der Waals surface area contributed by atoms with Crippen molar-refractivity contribution >= 4 is 63.2 Å². The maximum absolute atomic E-state index is 13.7. The van der Waals surface area contributed by atoms with E-state index in [1.807, 2.05) is 48.0 Å². The molecule has 3 amide bonds. The van der Waals surface area contributed by atoms with E-state index in [0.717, 1.165) is 32.7 Å². The number of aromatic amines is 1. The monoisotopic (exact) mass is 626 g/mol. The van der Waals surface area contributed by atoms with Gasteiger partial charge < -0.3 is 24.8 Å². The number of halogens is 2. The van der Waals surface area contributed by atoms with Crippen LogP contribution in [0.4, 0.5) is 0 Å². The third-order valence-corrected chi connectivity index (χ3v) is 9.06. The lowest BCUT2D eigenvalue weighted by Crippen LogP contribution is -2.61. The van der Waals surface area contributed by atoms with Crippen LogP contribution >= 0.6 is 34.5 Å². The Balaban J connectivity index is 1.24. The van der Waals surface area contributed by atoms with Crippen molar-refractivity contribution in [3.05, 3.63) is 86.2 Å². The van der Waals surface area contributed by atoms with Gasteiger partial charge in [0.15, 0.2) is 0 Å². The third kappa shape index (κ3) is 7.09. The number of rotatable bonds is 12. The van der Waals surface area contributed by atoms with Crippen LogP contribution < -0.4 is 10.1 Å². The average molecular weight is 628 g/mol. The molecule has 11 heteroatoms. The second-order valence-corrected chi connectivity index (χ2v) is 12.1. The molecule has 1 aliphatic rings. The molecule has 0 saturated carbocycles. The number of fused-ring (bicyclic) bond motifs is 1. The highest BCUT2D eigenvalue weighted by Crippen LogP contribution is 2.25. The maximum atomic E-state index is 13.7. The molecule has 0 bridgehead atoms. The van der Waals surface area contributed by atoms with Crippen LogP contribution in [0.25, 0.3) is 10.9 Å². The fraction of sp³-hybridized carbons (Fsp3) is 0.323. The van der Waals surface area contributed by atoms with Crippen LogP contribution in [0.1, 0.15) is 22.4 Å². The zero-order valence-corrected chi connectivity index (χ0v) is 25.5. The number of H-pyrrole nitrogens is 1. The van der Waals surface area contributed by atoms with Gasteiger partial charge >= 0.3 is 0 Å². The quantitative estimate of drug-likeness (QED) is 0.228. The lowest BCUT2D eigenvalue weighted by molar-refractivity contribution is -0.157. The van der Waals surface area contributed by atoms with Gasteiger partial charge in [-0.25, -0.2) is 0 Å². The second-order valence-electron chi connectivity index (χ2n) is 10.2. The Morgan fingerprint density at radius 3 is 2.69 bits per heavy atom. The maximum Gasteiger partial charge on any atom is 0.246 e. The van der Waals surface area contributed by atoms with Crippen LogP contribution in [-0.2, 0) is 33.6 Å². The average Bonchev–Trinajstić information content (AvgIpc) is 3.64. The van der Waals surface area contributed by atoms with Gasteiger partial charge in [0.05, 0.1) is 20.1 Å². The normalized spacial score (nSPS) is 15.5. The predicted octanol–water partition coefficient (Wildman–Crippen LogP) is 5.12. The molecule has 5 rings (SSSR count). The van der Waals surface area contributed by atoms with E-state index in [2.05, 4.69) is 10.3 Å². The van der Waals surface area contributed by atoms with Gasteiger partial charge in [-0.05, 0) is 72.2 Å². The summed E-state index contributed by atoms with van der Waals surface area (Å²) in [4.78, 5) is 47.6. The number of nitrogens with zero attached hydrogens (tertiary/aromatic N) is 2. The van der Waals surface area contributed by atoms with Gasteiger partial charge in [-0.1, -0.05) is 35.3 Å². The van der Waals surface area contributed by atoms with Crippen molar-refractivity contribution in [2.75, 3.05) is 33.3 Å². The number of methoxy groups -OCH3 is 1. The van der Waals surface area contributed by atoms with Gasteiger partial charge in [-0.2, -0.15) is 0 Å². The van der Waals surface area contributed by atoms with Crippen molar-refractivity contribution in [3.63, 3.8) is 0 Å². The van der Waals surface area contributed by atoms with E-state index in [-0.39, 0.29) is 30.7 Å². The molecular weight excluding hydrogens is 595 g/mol. The summed E-state index contributed by atoms with van der Waals surface area (Å²) in [5.74, 6) is 0.0873. The van der Waals surface area contributed by atoms with Crippen LogP contribution in [0, 0.1) is 0 Å². The first-order valence-corrected chi connectivity index (χ1v) is 15.4. The van der Waals surface area contributed by atoms with Gasteiger partial charge in [-0.15, -0.1) is 11.3 Å². The molecule has 220 valence electrons. The van der Waals surface area contributed by atoms with Crippen molar-refractivity contribution in [1.29, 1.82) is 0 Å². The lowest BCUT2D eigenvalue weighted by atomic mass is 10.0. The summed E-state index contributed by atoms with van der Waals surface area (Å²) in [7, 11) is 1.63. The highest BCUT2D eigenvalue weighted by atomic mass is 35.5. The van der Waals surface area contributed by atoms with Crippen LogP contribution in [-0.4, -0.2) is 71.8 Å². The minimum atomic E-state index is -0.871. The number of carbonyl (C=O) groups is 3. The topological polar surface area (TPSA) is 94.7 Å². The van der Waals surface area contributed by atoms with E-state index in [1.165, 1.54) is 4.90 Å². The van der Waals surface area contributed by atoms with Gasteiger partial charge in [0.2, 0.25) is 17.7 Å². The SMILES string of the molecule is COc1ccc2[nH]cc(CCNC(=O)CC3C(=O)N(CCc4ccc(Cl)cc4Cl)CC(=O)N3CCc3cccs3)c2c1. The summed E-state index contributed by atoms with van der Waals surface area (Å²) in [6, 6.07) is 14.1. The number of hydrogen-bond acceptors (Lipinski definition) is 5. The number of aromatic nitrogens is 1. The zero-order chi connectivity index (χ0) is 29.6. The standard InChI is InChI=1S/C31H32Cl2N4O4S/c1-41-23-6-7-27-25(16-23)21(18-35-27)8-11-34-29(38)17-28-31(40)36(12-9-20-4-5-22(32)15-26(20)33)19-30(39)37(28)13-10-24-3-2-14-42-24/h2-7,14-16,18,28,35H,8-13,17,19H2,1H3,(H,34,38). The van der Waals surface area contributed by atoms with Gasteiger partial charge in [0.25, 0.3) is 0 Å². The molecule has 42 heavy (non-hydrogen) atoms. The number of amides is 3. The molecule has 1 aliphatic heterocycles. The van der Waals surface area contributed by atoms with E-state index in [0.29, 0.717) is 48.9 Å². The number of ether oxygens (including phenoxy) is 1. The summed E-state index contributed by atoms with van der Waals surface area (Å²) in [5.41, 5.74) is 2.88. The lowest BCUT2D eigenvalue weighted by Gasteiger charge is -2.40. The molecule has 1 unspecified atom stereocenters. The smallest absolute Gasteiger partial charge is 0.246 e. The van der Waals surface area contributed by atoms with E-state index in [1.54, 1.807) is 35.5 Å². The highest BCUT2D eigenvalue weighted by Gasteiger charge is 2.40. The van der Waals surface area contributed by atoms with Crippen LogP contribution in [0.5, 0.6) is 5.75 Å². The Bertz CT molecular complexity index is 1570. The summed E-state index contributed by atoms with van der Waals surface area (Å²) >= 11 is 14.0. The molecule has 2 aromatic heterocycles. The molecule has 0 radical (unpaired) electrons. The van der Waals surface area contributed by atoms with Crippen LogP contribution in [0.2, 0.25) is 10.0 Å². The Hall–Kier alpha value is -3.53. The van der Waals surface area contributed by atoms with E-state index >= 15 is 0 Å². The highest BCUT2D eigenvalue weighted by molar-refractivity contribution is 7.09. The van der Waals surface area contributed by atoms with E-state index in [4.69, 9.17) is 27.9 Å². The summed E-state index contributed by atoms with van der Waals surface area (Å²) in [6.07, 6.45) is 3.52. The Kier molecular flexibility index (Phi) is 9.72. The first-order valence-electron chi connectivity index (χ1n) is 13.8. The Morgan fingerprint density at radius 1 is 1.07 bits per heavy atom. The number of piperazine rings is 1. The van der Waals surface area contributed by atoms with Gasteiger partial charge in [-0.3, -0.25) is 14.4 Å². The molecule has 4 aromatic rings. The zero-order valence-electron chi connectivity index (χ0n) is 23.2. The molecule has 2 N–H and O–H groups in total. The molecule has 3 heterocycles. The van der Waals surface area contributed by atoms with E-state index in [9.17, 15) is 14.4 Å². The molecule has 1 saturated heterocycles. The van der Waals surface area contributed by atoms with E-state index < -0.39 is 6.04 Å². The summed E-state index contributed by atoms with van der Waals surface area (Å²) in [5, 5.41) is 7.02. The molecule has 1 fully saturated rings. The first kappa shape index (κ1) is 29.9. The fourth-order valence-corrected chi connectivity index (χ4v) is 6.46. The number of thiophene rings is 1. The van der Waals surface area contributed by atoms with Gasteiger partial charge in [0.1, 0.15) is 11.8 Å². The Labute approximate surface area is 258 Å². The number of carbonyl (C=O) groups excluding carboxylic acids is 3. The van der Waals surface area contributed by atoms with Crippen LogP contribution in [0.3, 0.4) is 0 Å². The predicted molar refractivity (Wildman–Crippen MR) is 166 cm³/mol. The van der Waals surface area contributed by atoms with Crippen LogP contribution in [0.15, 0.2) is 60.1 Å². The third-order valence-electron chi connectivity index (χ3n) is 7.53. The van der Waals surface area contributed by atoms with Crippen molar-refractivity contribution in [2.24, 2.45) is 0 Å². The molecule has 2 aromatic carbocycles. The minimum Gasteiger partial charge on any atom is -0.497 e.